The average molecular weight is 310 g/mol. The molecule has 4 nitrogen and oxygen atoms in total. The highest BCUT2D eigenvalue weighted by atomic mass is 32.2. The number of sulfone groups is 1. The number of rotatable bonds is 6. The summed E-state index contributed by atoms with van der Waals surface area (Å²) >= 11 is 0. The lowest BCUT2D eigenvalue weighted by Gasteiger charge is -2.26. The molecule has 0 radical (unpaired) electrons. The molecule has 21 heavy (non-hydrogen) atoms. The Morgan fingerprint density at radius 2 is 1.86 bits per heavy atom. The van der Waals surface area contributed by atoms with Crippen molar-refractivity contribution in [3.63, 3.8) is 0 Å². The second-order valence-corrected chi connectivity index (χ2v) is 8.05. The fraction of sp³-hybridized carbons (Fsp3) is 0.625. The molecule has 0 unspecified atom stereocenters. The molecule has 0 aromatic heterocycles. The van der Waals surface area contributed by atoms with Crippen molar-refractivity contribution in [1.29, 1.82) is 0 Å². The minimum atomic E-state index is -3.19. The molecule has 0 aliphatic heterocycles. The van der Waals surface area contributed by atoms with Crippen LogP contribution in [0.1, 0.15) is 39.0 Å². The molecule has 1 saturated carbocycles. The number of para-hydroxylation sites is 1. The molecule has 1 aromatic rings. The Bertz CT molecular complexity index is 549. The topological polar surface area (TPSA) is 72.2 Å². The first-order valence-corrected chi connectivity index (χ1v) is 9.49. The fourth-order valence-electron chi connectivity index (χ4n) is 2.91. The molecule has 2 rings (SSSR count). The number of hydrogen-bond donors (Lipinski definition) is 2. The molecule has 118 valence electrons. The van der Waals surface area contributed by atoms with E-state index < -0.39 is 9.84 Å². The maximum atomic E-state index is 12.3. The van der Waals surface area contributed by atoms with Crippen LogP contribution in [0.5, 0.6) is 0 Å². The maximum absolute atomic E-state index is 12.3. The lowest BCUT2D eigenvalue weighted by molar-refractivity contribution is 0.338. The van der Waals surface area contributed by atoms with Gasteiger partial charge in [-0.25, -0.2) is 8.42 Å². The summed E-state index contributed by atoms with van der Waals surface area (Å²) in [6, 6.07) is 7.57. The van der Waals surface area contributed by atoms with Crippen molar-refractivity contribution >= 4 is 15.5 Å². The van der Waals surface area contributed by atoms with E-state index in [9.17, 15) is 8.42 Å². The fourth-order valence-corrected chi connectivity index (χ4v) is 4.43. The standard InChI is InChI=1S/C16H26N2O2S/c1-2-11-21(19,20)16-6-4-3-5-15(16)18-12-13-7-9-14(17)10-8-13/h3-6,13-14,18H,2,7-12,17H2,1H3. The van der Waals surface area contributed by atoms with Crippen LogP contribution in [0.15, 0.2) is 29.2 Å². The highest BCUT2D eigenvalue weighted by molar-refractivity contribution is 7.91. The van der Waals surface area contributed by atoms with E-state index in [4.69, 9.17) is 5.73 Å². The highest BCUT2D eigenvalue weighted by Gasteiger charge is 2.20. The van der Waals surface area contributed by atoms with Gasteiger partial charge in [-0.05, 0) is 50.2 Å². The smallest absolute Gasteiger partial charge is 0.180 e. The number of benzene rings is 1. The van der Waals surface area contributed by atoms with E-state index in [1.807, 2.05) is 19.1 Å². The lowest BCUT2D eigenvalue weighted by Crippen LogP contribution is -2.29. The van der Waals surface area contributed by atoms with Gasteiger partial charge in [0.1, 0.15) is 0 Å². The van der Waals surface area contributed by atoms with Crippen molar-refractivity contribution in [2.75, 3.05) is 17.6 Å². The molecule has 5 heteroatoms. The van der Waals surface area contributed by atoms with Gasteiger partial charge in [-0.1, -0.05) is 19.1 Å². The van der Waals surface area contributed by atoms with Crippen LogP contribution in [0, 0.1) is 5.92 Å². The Labute approximate surface area is 128 Å². The largest absolute Gasteiger partial charge is 0.384 e. The van der Waals surface area contributed by atoms with Gasteiger partial charge in [0, 0.05) is 12.6 Å². The number of nitrogens with one attached hydrogen (secondary N) is 1. The van der Waals surface area contributed by atoms with Crippen molar-refractivity contribution in [2.45, 2.75) is 50.0 Å². The van der Waals surface area contributed by atoms with E-state index in [1.165, 1.54) is 0 Å². The summed E-state index contributed by atoms with van der Waals surface area (Å²) in [6.45, 7) is 2.71. The molecule has 3 N–H and O–H groups in total. The highest BCUT2D eigenvalue weighted by Crippen LogP contribution is 2.26. The van der Waals surface area contributed by atoms with Crippen molar-refractivity contribution in [1.82, 2.24) is 0 Å². The first-order valence-electron chi connectivity index (χ1n) is 7.84. The SMILES string of the molecule is CCCS(=O)(=O)c1ccccc1NCC1CCC(N)CC1. The number of nitrogens with two attached hydrogens (primary N) is 1. The maximum Gasteiger partial charge on any atom is 0.180 e. The van der Waals surface area contributed by atoms with Gasteiger partial charge in [0.25, 0.3) is 0 Å². The van der Waals surface area contributed by atoms with Gasteiger partial charge >= 0.3 is 0 Å². The molecule has 0 atom stereocenters. The molecular formula is C16H26N2O2S. The Kier molecular flexibility index (Phi) is 5.65. The third-order valence-corrected chi connectivity index (χ3v) is 6.14. The molecule has 0 heterocycles. The van der Waals surface area contributed by atoms with Crippen molar-refractivity contribution in [3.05, 3.63) is 24.3 Å². The molecule has 1 aliphatic rings. The van der Waals surface area contributed by atoms with Crippen LogP contribution in [0.4, 0.5) is 5.69 Å². The Hall–Kier alpha value is -1.07. The predicted octanol–water partition coefficient (Wildman–Crippen LogP) is 2.80. The quantitative estimate of drug-likeness (QED) is 0.847. The third kappa shape index (κ3) is 4.45. The Balaban J connectivity index is 2.04. The molecule has 1 fully saturated rings. The van der Waals surface area contributed by atoms with Crippen LogP contribution in [-0.4, -0.2) is 26.8 Å². The normalized spacial score (nSPS) is 23.0. The minimum Gasteiger partial charge on any atom is -0.384 e. The summed E-state index contributed by atoms with van der Waals surface area (Å²) in [5.74, 6) is 0.788. The van der Waals surface area contributed by atoms with E-state index in [2.05, 4.69) is 5.32 Å². The molecule has 0 saturated heterocycles. The van der Waals surface area contributed by atoms with Crippen molar-refractivity contribution in [2.24, 2.45) is 11.7 Å². The first-order chi connectivity index (χ1) is 10.0. The van der Waals surface area contributed by atoms with Gasteiger partial charge in [0.2, 0.25) is 0 Å². The van der Waals surface area contributed by atoms with Gasteiger partial charge in [0.05, 0.1) is 16.3 Å². The number of anilines is 1. The summed E-state index contributed by atoms with van der Waals surface area (Å²) in [5, 5.41) is 3.34. The van der Waals surface area contributed by atoms with E-state index in [1.54, 1.807) is 12.1 Å². The zero-order valence-corrected chi connectivity index (χ0v) is 13.5. The van der Waals surface area contributed by atoms with E-state index in [0.717, 1.165) is 37.9 Å². The van der Waals surface area contributed by atoms with Gasteiger partial charge in [0.15, 0.2) is 9.84 Å². The lowest BCUT2D eigenvalue weighted by atomic mass is 9.86. The summed E-state index contributed by atoms with van der Waals surface area (Å²) in [7, 11) is -3.19. The molecule has 0 bridgehead atoms. The average Bonchev–Trinajstić information content (AvgIpc) is 2.47. The zero-order valence-electron chi connectivity index (χ0n) is 12.7. The molecule has 1 aromatic carbocycles. The molecule has 0 amide bonds. The van der Waals surface area contributed by atoms with Crippen molar-refractivity contribution in [3.8, 4) is 0 Å². The third-order valence-electron chi connectivity index (χ3n) is 4.17. The second-order valence-electron chi connectivity index (χ2n) is 5.98. The van der Waals surface area contributed by atoms with Crippen LogP contribution in [0.2, 0.25) is 0 Å². The van der Waals surface area contributed by atoms with Gasteiger partial charge in [-0.3, -0.25) is 0 Å². The van der Waals surface area contributed by atoms with Crippen LogP contribution < -0.4 is 11.1 Å². The molecular weight excluding hydrogens is 284 g/mol. The van der Waals surface area contributed by atoms with Gasteiger partial charge < -0.3 is 11.1 Å². The zero-order chi connectivity index (χ0) is 15.3. The second kappa shape index (κ2) is 7.27. The summed E-state index contributed by atoms with van der Waals surface area (Å²) < 4.78 is 24.6. The van der Waals surface area contributed by atoms with Gasteiger partial charge in [-0.2, -0.15) is 0 Å². The monoisotopic (exact) mass is 310 g/mol. The van der Waals surface area contributed by atoms with E-state index in [-0.39, 0.29) is 5.75 Å². The predicted molar refractivity (Wildman–Crippen MR) is 87.2 cm³/mol. The van der Waals surface area contributed by atoms with E-state index in [0.29, 0.717) is 23.3 Å². The van der Waals surface area contributed by atoms with E-state index >= 15 is 0 Å². The van der Waals surface area contributed by atoms with Crippen molar-refractivity contribution < 1.29 is 8.42 Å². The van der Waals surface area contributed by atoms with Crippen LogP contribution in [0.25, 0.3) is 0 Å². The summed E-state index contributed by atoms with van der Waals surface area (Å²) in [4.78, 5) is 0.430. The van der Waals surface area contributed by atoms with Crippen LogP contribution >= 0.6 is 0 Å². The molecule has 0 spiro atoms. The van der Waals surface area contributed by atoms with Crippen LogP contribution in [0.3, 0.4) is 0 Å². The van der Waals surface area contributed by atoms with Gasteiger partial charge in [-0.15, -0.1) is 0 Å². The Morgan fingerprint density at radius 3 is 2.52 bits per heavy atom. The number of hydrogen-bond acceptors (Lipinski definition) is 4. The first kappa shape index (κ1) is 16.3. The Morgan fingerprint density at radius 1 is 1.19 bits per heavy atom. The summed E-state index contributed by atoms with van der Waals surface area (Å²) in [6.07, 6.45) is 5.03. The molecule has 1 aliphatic carbocycles. The summed E-state index contributed by atoms with van der Waals surface area (Å²) in [5.41, 5.74) is 6.66. The van der Waals surface area contributed by atoms with Crippen LogP contribution in [-0.2, 0) is 9.84 Å². The minimum absolute atomic E-state index is 0.198.